The fourth-order valence-corrected chi connectivity index (χ4v) is 3.76. The van der Waals surface area contributed by atoms with Gasteiger partial charge in [-0.2, -0.15) is 0 Å². The van der Waals surface area contributed by atoms with E-state index in [4.69, 9.17) is 26.8 Å². The molecular weight excluding hydrogens is 386 g/mol. The lowest BCUT2D eigenvalue weighted by atomic mass is 10.2. The van der Waals surface area contributed by atoms with Gasteiger partial charge < -0.3 is 14.6 Å². The highest BCUT2D eigenvalue weighted by molar-refractivity contribution is 8.26. The van der Waals surface area contributed by atoms with Crippen LogP contribution in [0.1, 0.15) is 38.2 Å². The average molecular weight is 410 g/mol. The smallest absolute Gasteiger partial charge is 0.303 e. The average Bonchev–Trinajstić information content (AvgIpc) is 2.90. The number of unbranched alkanes of at least 4 members (excludes halogenated alkanes) is 1. The molecule has 1 heterocycles. The van der Waals surface area contributed by atoms with Gasteiger partial charge in [-0.25, -0.2) is 0 Å². The summed E-state index contributed by atoms with van der Waals surface area (Å²) in [5, 5.41) is 8.73. The van der Waals surface area contributed by atoms with Crippen LogP contribution in [0.3, 0.4) is 0 Å². The number of nitrogens with zero attached hydrogens (tertiary/aromatic N) is 1. The second-order valence-electron chi connectivity index (χ2n) is 5.94. The Bertz CT molecular complexity index is 748. The molecule has 1 aliphatic rings. The van der Waals surface area contributed by atoms with Crippen LogP contribution < -0.4 is 9.47 Å². The van der Waals surface area contributed by atoms with Gasteiger partial charge >= 0.3 is 5.97 Å². The number of amides is 1. The summed E-state index contributed by atoms with van der Waals surface area (Å²) < 4.78 is 11.6. The number of benzene rings is 1. The summed E-state index contributed by atoms with van der Waals surface area (Å²) in [6.07, 6.45) is 4.15. The van der Waals surface area contributed by atoms with Gasteiger partial charge in [-0.3, -0.25) is 14.5 Å². The van der Waals surface area contributed by atoms with Crippen molar-refractivity contribution in [3.05, 3.63) is 28.7 Å². The number of hydrogen-bond acceptors (Lipinski definition) is 6. The van der Waals surface area contributed by atoms with Crippen molar-refractivity contribution < 1.29 is 24.2 Å². The van der Waals surface area contributed by atoms with Crippen LogP contribution in [0.4, 0.5) is 0 Å². The Hall–Kier alpha value is -2.06. The van der Waals surface area contributed by atoms with E-state index in [0.29, 0.717) is 40.3 Å². The molecule has 0 bridgehead atoms. The van der Waals surface area contributed by atoms with Crippen molar-refractivity contribution >= 4 is 46.3 Å². The molecule has 8 heteroatoms. The van der Waals surface area contributed by atoms with E-state index in [2.05, 4.69) is 6.92 Å². The van der Waals surface area contributed by atoms with Crippen LogP contribution in [0, 0.1) is 0 Å². The molecule has 0 aliphatic carbocycles. The van der Waals surface area contributed by atoms with Crippen molar-refractivity contribution in [3.8, 4) is 11.5 Å². The Morgan fingerprint density at radius 2 is 2.11 bits per heavy atom. The topological polar surface area (TPSA) is 76.1 Å². The maximum absolute atomic E-state index is 12.5. The van der Waals surface area contributed by atoms with Crippen molar-refractivity contribution in [3.63, 3.8) is 0 Å². The molecule has 1 aromatic rings. The first-order chi connectivity index (χ1) is 13.0. The van der Waals surface area contributed by atoms with Crippen molar-refractivity contribution in [2.75, 3.05) is 20.3 Å². The minimum Gasteiger partial charge on any atom is -0.493 e. The molecule has 2 rings (SSSR count). The molecule has 0 spiro atoms. The van der Waals surface area contributed by atoms with Crippen molar-refractivity contribution in [2.45, 2.75) is 32.6 Å². The summed E-state index contributed by atoms with van der Waals surface area (Å²) >= 11 is 6.47. The third-order valence-corrected chi connectivity index (χ3v) is 5.26. The third-order valence-electron chi connectivity index (χ3n) is 3.89. The van der Waals surface area contributed by atoms with Gasteiger partial charge in [-0.15, -0.1) is 0 Å². The molecule has 0 atom stereocenters. The number of hydrogen-bond donors (Lipinski definition) is 1. The number of carboxylic acid groups (broad SMARTS) is 1. The Labute approximate surface area is 168 Å². The highest BCUT2D eigenvalue weighted by Gasteiger charge is 2.31. The van der Waals surface area contributed by atoms with Crippen LogP contribution in [0.2, 0.25) is 0 Å². The first-order valence-electron chi connectivity index (χ1n) is 8.74. The van der Waals surface area contributed by atoms with Crippen LogP contribution in [0.25, 0.3) is 6.08 Å². The Balaban J connectivity index is 2.10. The molecule has 1 fully saturated rings. The van der Waals surface area contributed by atoms with E-state index in [1.54, 1.807) is 13.2 Å². The highest BCUT2D eigenvalue weighted by Crippen LogP contribution is 2.35. The molecule has 0 radical (unpaired) electrons. The molecule has 1 aromatic carbocycles. The summed E-state index contributed by atoms with van der Waals surface area (Å²) in [6.45, 7) is 3.03. The third kappa shape index (κ3) is 5.97. The van der Waals surface area contributed by atoms with Gasteiger partial charge in [0.1, 0.15) is 4.32 Å². The van der Waals surface area contributed by atoms with Gasteiger partial charge in [-0.05, 0) is 36.6 Å². The molecule has 0 saturated carbocycles. The summed E-state index contributed by atoms with van der Waals surface area (Å²) in [7, 11) is 1.58. The number of carbonyl (C=O) groups is 2. The Morgan fingerprint density at radius 3 is 2.78 bits per heavy atom. The van der Waals surface area contributed by atoms with Crippen molar-refractivity contribution in [1.82, 2.24) is 4.90 Å². The van der Waals surface area contributed by atoms with Crippen LogP contribution in [0.5, 0.6) is 11.5 Å². The molecule has 1 amide bonds. The molecule has 0 unspecified atom stereocenters. The fraction of sp³-hybridized carbons (Fsp3) is 0.421. The number of aliphatic carboxylic acids is 1. The lowest BCUT2D eigenvalue weighted by Crippen LogP contribution is -2.29. The number of carbonyl (C=O) groups excluding carboxylic acids is 1. The van der Waals surface area contributed by atoms with Crippen molar-refractivity contribution in [2.24, 2.45) is 0 Å². The molecule has 1 N–H and O–H groups in total. The quantitative estimate of drug-likeness (QED) is 0.356. The number of thiocarbonyl (C=S) groups is 1. The monoisotopic (exact) mass is 409 g/mol. The second-order valence-corrected chi connectivity index (χ2v) is 7.62. The van der Waals surface area contributed by atoms with E-state index < -0.39 is 5.97 Å². The zero-order chi connectivity index (χ0) is 19.8. The van der Waals surface area contributed by atoms with E-state index >= 15 is 0 Å². The minimum absolute atomic E-state index is 0.00675. The highest BCUT2D eigenvalue weighted by atomic mass is 32.2. The predicted octanol–water partition coefficient (Wildman–Crippen LogP) is 3.94. The van der Waals surface area contributed by atoms with E-state index in [1.807, 2.05) is 18.2 Å². The minimum atomic E-state index is -0.885. The molecule has 1 aliphatic heterocycles. The first-order valence-corrected chi connectivity index (χ1v) is 9.96. The Morgan fingerprint density at radius 1 is 1.33 bits per heavy atom. The summed E-state index contributed by atoms with van der Waals surface area (Å²) in [5.74, 6) is 0.197. The van der Waals surface area contributed by atoms with Gasteiger partial charge in [0.15, 0.2) is 11.5 Å². The van der Waals surface area contributed by atoms with Gasteiger partial charge in [0, 0.05) is 13.0 Å². The molecule has 6 nitrogen and oxygen atoms in total. The zero-order valence-corrected chi connectivity index (χ0v) is 17.0. The van der Waals surface area contributed by atoms with Gasteiger partial charge in [0.2, 0.25) is 0 Å². The predicted molar refractivity (Wildman–Crippen MR) is 110 cm³/mol. The Kier molecular flexibility index (Phi) is 8.12. The van der Waals surface area contributed by atoms with E-state index in [0.717, 1.165) is 18.4 Å². The van der Waals surface area contributed by atoms with Crippen LogP contribution >= 0.6 is 24.0 Å². The number of thioether (sulfide) groups is 1. The maximum atomic E-state index is 12.5. The summed E-state index contributed by atoms with van der Waals surface area (Å²) in [6, 6.07) is 5.51. The van der Waals surface area contributed by atoms with E-state index in [1.165, 1.54) is 16.7 Å². The lowest BCUT2D eigenvalue weighted by molar-refractivity contribution is -0.137. The SMILES string of the molecule is CCCCOc1ccc(C=C2SC(=S)N(CCCC(=O)O)C2=O)cc1OC. The van der Waals surface area contributed by atoms with Crippen LogP contribution in [-0.4, -0.2) is 46.5 Å². The number of rotatable bonds is 10. The number of carboxylic acids is 1. The van der Waals surface area contributed by atoms with E-state index in [-0.39, 0.29) is 12.3 Å². The van der Waals surface area contributed by atoms with Crippen LogP contribution in [-0.2, 0) is 9.59 Å². The molecular formula is C19H23NO5S2. The standard InChI is InChI=1S/C19H23NO5S2/c1-3-4-10-25-14-8-7-13(11-15(14)24-2)12-16-18(23)20(19(26)27-16)9-5-6-17(21)22/h7-8,11-12H,3-6,9-10H2,1-2H3,(H,21,22). The lowest BCUT2D eigenvalue weighted by Gasteiger charge is -2.13. The van der Waals surface area contributed by atoms with E-state index in [9.17, 15) is 9.59 Å². The largest absolute Gasteiger partial charge is 0.493 e. The number of ether oxygens (including phenoxy) is 2. The maximum Gasteiger partial charge on any atom is 0.303 e. The second kappa shape index (κ2) is 10.3. The van der Waals surface area contributed by atoms with Crippen molar-refractivity contribution in [1.29, 1.82) is 0 Å². The van der Waals surface area contributed by atoms with Gasteiger partial charge in [0.05, 0.1) is 18.6 Å². The molecule has 1 saturated heterocycles. The molecule has 146 valence electrons. The fourth-order valence-electron chi connectivity index (χ4n) is 2.45. The van der Waals surface area contributed by atoms with Gasteiger partial charge in [-0.1, -0.05) is 43.4 Å². The van der Waals surface area contributed by atoms with Gasteiger partial charge in [0.25, 0.3) is 5.91 Å². The van der Waals surface area contributed by atoms with Crippen LogP contribution in [0.15, 0.2) is 23.1 Å². The zero-order valence-electron chi connectivity index (χ0n) is 15.4. The number of methoxy groups -OCH3 is 1. The molecule has 27 heavy (non-hydrogen) atoms. The summed E-state index contributed by atoms with van der Waals surface area (Å²) in [5.41, 5.74) is 0.806. The first kappa shape index (κ1) is 21.2. The summed E-state index contributed by atoms with van der Waals surface area (Å²) in [4.78, 5) is 25.1. The molecule has 0 aromatic heterocycles. The normalized spacial score (nSPS) is 15.5.